The molecule has 110 valence electrons. The fourth-order valence-electron chi connectivity index (χ4n) is 2.29. The van der Waals surface area contributed by atoms with Crippen molar-refractivity contribution >= 4 is 11.6 Å². The van der Waals surface area contributed by atoms with Crippen LogP contribution in [0.15, 0.2) is 48.5 Å². The fourth-order valence-corrected chi connectivity index (χ4v) is 2.29. The van der Waals surface area contributed by atoms with Crippen LogP contribution in [-0.2, 0) is 11.2 Å². The number of hydrogen-bond donors (Lipinski definition) is 2. The van der Waals surface area contributed by atoms with Crippen molar-refractivity contribution in [3.05, 3.63) is 65.2 Å². The van der Waals surface area contributed by atoms with Crippen LogP contribution in [0.4, 0.5) is 5.69 Å². The van der Waals surface area contributed by atoms with E-state index in [9.17, 15) is 4.79 Å². The number of carbonyl (C=O) groups excluding carboxylic acids is 1. The number of nitrogens with two attached hydrogens (primary N) is 1. The van der Waals surface area contributed by atoms with Gasteiger partial charge in [-0.15, -0.1) is 0 Å². The highest BCUT2D eigenvalue weighted by Gasteiger charge is 2.18. The summed E-state index contributed by atoms with van der Waals surface area (Å²) in [5, 5.41) is 3.00. The molecular formula is C18H22N2O. The van der Waals surface area contributed by atoms with E-state index in [4.69, 9.17) is 5.73 Å². The van der Waals surface area contributed by atoms with Gasteiger partial charge in [-0.3, -0.25) is 4.79 Å². The smallest absolute Gasteiger partial charge is 0.229 e. The summed E-state index contributed by atoms with van der Waals surface area (Å²) in [4.78, 5) is 12.4. The highest BCUT2D eigenvalue weighted by Crippen LogP contribution is 2.18. The van der Waals surface area contributed by atoms with E-state index >= 15 is 0 Å². The topological polar surface area (TPSA) is 55.1 Å². The van der Waals surface area contributed by atoms with Crippen LogP contribution in [-0.4, -0.2) is 12.5 Å². The van der Waals surface area contributed by atoms with Crippen LogP contribution in [0.2, 0.25) is 0 Å². The molecule has 3 nitrogen and oxygen atoms in total. The first-order valence-corrected chi connectivity index (χ1v) is 7.22. The summed E-state index contributed by atoms with van der Waals surface area (Å²) in [6, 6.07) is 16.0. The highest BCUT2D eigenvalue weighted by atomic mass is 16.1. The molecule has 0 radical (unpaired) electrons. The Morgan fingerprint density at radius 2 is 1.86 bits per heavy atom. The van der Waals surface area contributed by atoms with Crippen LogP contribution in [0, 0.1) is 19.8 Å². The Bertz CT molecular complexity index is 608. The molecule has 0 fully saturated rings. The number of amides is 1. The third-order valence-corrected chi connectivity index (χ3v) is 3.63. The van der Waals surface area contributed by atoms with Crippen molar-refractivity contribution in [2.45, 2.75) is 20.3 Å². The molecule has 0 heterocycles. The van der Waals surface area contributed by atoms with Crippen LogP contribution >= 0.6 is 0 Å². The summed E-state index contributed by atoms with van der Waals surface area (Å²) in [6.45, 7) is 4.34. The third kappa shape index (κ3) is 4.17. The first-order chi connectivity index (χ1) is 10.1. The van der Waals surface area contributed by atoms with Crippen molar-refractivity contribution in [2.75, 3.05) is 11.9 Å². The van der Waals surface area contributed by atoms with E-state index < -0.39 is 0 Å². The third-order valence-electron chi connectivity index (χ3n) is 3.63. The van der Waals surface area contributed by atoms with Gasteiger partial charge < -0.3 is 11.1 Å². The number of nitrogens with one attached hydrogen (secondary N) is 1. The monoisotopic (exact) mass is 282 g/mol. The standard InChI is InChI=1S/C18H22N2O/c1-13-8-9-14(2)17(10-13)20-18(21)16(12-19)11-15-6-4-3-5-7-15/h3-10,16H,11-12,19H2,1-2H3,(H,20,21). The SMILES string of the molecule is Cc1ccc(C)c(NC(=O)C(CN)Cc2ccccc2)c1. The Hall–Kier alpha value is -2.13. The summed E-state index contributed by atoms with van der Waals surface area (Å²) in [5.74, 6) is -0.234. The normalized spacial score (nSPS) is 12.0. The highest BCUT2D eigenvalue weighted by molar-refractivity contribution is 5.93. The molecule has 3 N–H and O–H groups in total. The minimum Gasteiger partial charge on any atom is -0.330 e. The lowest BCUT2D eigenvalue weighted by Crippen LogP contribution is -2.31. The van der Waals surface area contributed by atoms with Crippen LogP contribution in [0.1, 0.15) is 16.7 Å². The van der Waals surface area contributed by atoms with Gasteiger partial charge in [0.15, 0.2) is 0 Å². The Balaban J connectivity index is 2.08. The molecular weight excluding hydrogens is 260 g/mol. The Morgan fingerprint density at radius 1 is 1.14 bits per heavy atom. The van der Waals surface area contributed by atoms with Crippen molar-refractivity contribution in [3.8, 4) is 0 Å². The second-order valence-corrected chi connectivity index (χ2v) is 5.43. The largest absolute Gasteiger partial charge is 0.330 e. The van der Waals surface area contributed by atoms with Gasteiger partial charge in [0.1, 0.15) is 0 Å². The van der Waals surface area contributed by atoms with Crippen molar-refractivity contribution in [2.24, 2.45) is 11.7 Å². The predicted molar refractivity (Wildman–Crippen MR) is 87.2 cm³/mol. The van der Waals surface area contributed by atoms with E-state index in [1.165, 1.54) is 0 Å². The van der Waals surface area contributed by atoms with E-state index in [1.807, 2.05) is 62.4 Å². The first kappa shape index (κ1) is 15.3. The van der Waals surface area contributed by atoms with Crippen molar-refractivity contribution in [1.82, 2.24) is 0 Å². The lowest BCUT2D eigenvalue weighted by Gasteiger charge is -2.16. The van der Waals surface area contributed by atoms with Crippen LogP contribution < -0.4 is 11.1 Å². The maximum absolute atomic E-state index is 12.4. The molecule has 3 heteroatoms. The minimum atomic E-state index is -0.215. The number of anilines is 1. The molecule has 2 rings (SSSR count). The Morgan fingerprint density at radius 3 is 2.52 bits per heavy atom. The molecule has 0 spiro atoms. The summed E-state index contributed by atoms with van der Waals surface area (Å²) in [6.07, 6.45) is 0.661. The van der Waals surface area contributed by atoms with Crippen molar-refractivity contribution < 1.29 is 4.79 Å². The summed E-state index contributed by atoms with van der Waals surface area (Å²) < 4.78 is 0. The first-order valence-electron chi connectivity index (χ1n) is 7.22. The molecule has 1 atom stereocenters. The average Bonchev–Trinajstić information content (AvgIpc) is 2.49. The van der Waals surface area contributed by atoms with Gasteiger partial charge in [-0.25, -0.2) is 0 Å². The molecule has 2 aromatic carbocycles. The number of aryl methyl sites for hydroxylation is 2. The zero-order valence-electron chi connectivity index (χ0n) is 12.6. The van der Waals surface area contributed by atoms with Gasteiger partial charge >= 0.3 is 0 Å². The lowest BCUT2D eigenvalue weighted by molar-refractivity contribution is -0.119. The number of carbonyl (C=O) groups is 1. The number of hydrogen-bond acceptors (Lipinski definition) is 2. The summed E-state index contributed by atoms with van der Waals surface area (Å²) in [5.41, 5.74) is 9.97. The van der Waals surface area contributed by atoms with Crippen molar-refractivity contribution in [3.63, 3.8) is 0 Å². The average molecular weight is 282 g/mol. The fraction of sp³-hybridized carbons (Fsp3) is 0.278. The maximum atomic E-state index is 12.4. The van der Waals surface area contributed by atoms with Gasteiger partial charge in [-0.05, 0) is 43.0 Å². The maximum Gasteiger partial charge on any atom is 0.229 e. The van der Waals surface area contributed by atoms with Gasteiger partial charge in [0, 0.05) is 12.2 Å². The lowest BCUT2D eigenvalue weighted by atomic mass is 9.98. The van der Waals surface area contributed by atoms with Gasteiger partial charge in [0.05, 0.1) is 5.92 Å². The van der Waals surface area contributed by atoms with E-state index in [-0.39, 0.29) is 11.8 Å². The van der Waals surface area contributed by atoms with Gasteiger partial charge in [-0.2, -0.15) is 0 Å². The summed E-state index contributed by atoms with van der Waals surface area (Å²) in [7, 11) is 0. The molecule has 21 heavy (non-hydrogen) atoms. The predicted octanol–water partition coefficient (Wildman–Crippen LogP) is 3.06. The molecule has 2 aromatic rings. The van der Waals surface area contributed by atoms with Gasteiger partial charge in [-0.1, -0.05) is 42.5 Å². The quantitative estimate of drug-likeness (QED) is 0.885. The van der Waals surface area contributed by atoms with E-state index in [0.29, 0.717) is 13.0 Å². The second-order valence-electron chi connectivity index (χ2n) is 5.43. The Labute approximate surface area is 126 Å². The molecule has 1 unspecified atom stereocenters. The molecule has 0 aromatic heterocycles. The van der Waals surface area contributed by atoms with E-state index in [0.717, 1.165) is 22.4 Å². The number of benzene rings is 2. The van der Waals surface area contributed by atoms with Crippen LogP contribution in [0.5, 0.6) is 0 Å². The molecule has 1 amide bonds. The second kappa shape index (κ2) is 7.04. The van der Waals surface area contributed by atoms with Crippen LogP contribution in [0.25, 0.3) is 0 Å². The molecule has 0 bridgehead atoms. The number of rotatable bonds is 5. The van der Waals surface area contributed by atoms with Gasteiger partial charge in [0.25, 0.3) is 0 Å². The minimum absolute atomic E-state index is 0.0185. The Kier molecular flexibility index (Phi) is 5.12. The zero-order valence-corrected chi connectivity index (χ0v) is 12.6. The van der Waals surface area contributed by atoms with Crippen LogP contribution in [0.3, 0.4) is 0 Å². The van der Waals surface area contributed by atoms with Crippen molar-refractivity contribution in [1.29, 1.82) is 0 Å². The molecule has 0 aliphatic heterocycles. The summed E-state index contributed by atoms with van der Waals surface area (Å²) >= 11 is 0. The molecule has 0 saturated heterocycles. The van der Waals surface area contributed by atoms with Gasteiger partial charge in [0.2, 0.25) is 5.91 Å². The zero-order chi connectivity index (χ0) is 15.2. The molecule has 0 saturated carbocycles. The molecule has 0 aliphatic rings. The molecule has 0 aliphatic carbocycles. The van der Waals surface area contributed by atoms with E-state index in [1.54, 1.807) is 0 Å². The van der Waals surface area contributed by atoms with E-state index in [2.05, 4.69) is 5.32 Å².